The van der Waals surface area contributed by atoms with Gasteiger partial charge in [0.05, 0.1) is 0 Å². The van der Waals surface area contributed by atoms with Crippen LogP contribution in [-0.4, -0.2) is 55.7 Å². The third kappa shape index (κ3) is 3.34. The maximum atomic E-state index is 13.2. The van der Waals surface area contributed by atoms with Crippen LogP contribution in [0.15, 0.2) is 0 Å². The fraction of sp³-hybridized carbons (Fsp3) is 0.929. The first-order chi connectivity index (χ1) is 9.76. The Labute approximate surface area is 123 Å². The molecule has 21 heavy (non-hydrogen) atoms. The molecular formula is C14H24F3N3O. The number of rotatable bonds is 4. The third-order valence-electron chi connectivity index (χ3n) is 4.73. The number of hydrogen-bond donors (Lipinski definition) is 2. The number of hydrogen-bond acceptors (Lipinski definition) is 3. The van der Waals surface area contributed by atoms with Gasteiger partial charge in [0.2, 0.25) is 5.91 Å². The number of alkyl halides is 3. The van der Waals surface area contributed by atoms with Crippen LogP contribution in [0.3, 0.4) is 0 Å². The highest BCUT2D eigenvalue weighted by atomic mass is 19.4. The van der Waals surface area contributed by atoms with E-state index in [1.54, 1.807) is 0 Å². The van der Waals surface area contributed by atoms with Gasteiger partial charge in [-0.15, -0.1) is 0 Å². The molecular weight excluding hydrogens is 283 g/mol. The molecule has 0 aliphatic carbocycles. The standard InChI is InChI=1S/C14H24F3N3O/c1-10(2)20-6-3-11(8-20)7-19-12(21)13(14(15,16)17)4-5-18-9-13/h10-11,18H,3-9H2,1-2H3,(H,19,21). The molecule has 2 fully saturated rings. The monoisotopic (exact) mass is 307 g/mol. The van der Waals surface area contributed by atoms with Crippen molar-refractivity contribution < 1.29 is 18.0 Å². The van der Waals surface area contributed by atoms with E-state index in [9.17, 15) is 18.0 Å². The van der Waals surface area contributed by atoms with E-state index in [0.29, 0.717) is 12.6 Å². The van der Waals surface area contributed by atoms with E-state index in [1.165, 1.54) is 0 Å². The lowest BCUT2D eigenvalue weighted by Crippen LogP contribution is -2.53. The predicted octanol–water partition coefficient (Wildman–Crippen LogP) is 1.37. The van der Waals surface area contributed by atoms with Crippen molar-refractivity contribution in [2.24, 2.45) is 11.3 Å². The van der Waals surface area contributed by atoms with Crippen molar-refractivity contribution in [2.75, 3.05) is 32.7 Å². The second-order valence-electron chi connectivity index (χ2n) is 6.46. The Kier molecular flexibility index (Phi) is 4.82. The number of nitrogens with one attached hydrogen (secondary N) is 2. The Morgan fingerprint density at radius 1 is 1.48 bits per heavy atom. The predicted molar refractivity (Wildman–Crippen MR) is 73.8 cm³/mol. The Balaban J connectivity index is 1.89. The first kappa shape index (κ1) is 16.5. The molecule has 0 aromatic rings. The molecule has 4 nitrogen and oxygen atoms in total. The van der Waals surface area contributed by atoms with Crippen LogP contribution in [0.1, 0.15) is 26.7 Å². The summed E-state index contributed by atoms with van der Waals surface area (Å²) in [4.78, 5) is 14.4. The van der Waals surface area contributed by atoms with Gasteiger partial charge < -0.3 is 15.5 Å². The van der Waals surface area contributed by atoms with Crippen molar-refractivity contribution in [3.8, 4) is 0 Å². The van der Waals surface area contributed by atoms with Crippen LogP contribution in [0.2, 0.25) is 0 Å². The number of nitrogens with zero attached hydrogens (tertiary/aromatic N) is 1. The number of amides is 1. The molecule has 2 atom stereocenters. The highest BCUT2D eigenvalue weighted by molar-refractivity contribution is 5.84. The smallest absolute Gasteiger partial charge is 0.355 e. The first-order valence-corrected chi connectivity index (χ1v) is 7.56. The van der Waals surface area contributed by atoms with Gasteiger partial charge in [0.1, 0.15) is 0 Å². The summed E-state index contributed by atoms with van der Waals surface area (Å²) in [5.41, 5.74) is -2.25. The second kappa shape index (κ2) is 6.12. The third-order valence-corrected chi connectivity index (χ3v) is 4.73. The van der Waals surface area contributed by atoms with Crippen molar-refractivity contribution in [2.45, 2.75) is 38.9 Å². The van der Waals surface area contributed by atoms with Crippen molar-refractivity contribution in [1.82, 2.24) is 15.5 Å². The molecule has 122 valence electrons. The van der Waals surface area contributed by atoms with Crippen LogP contribution in [0, 0.1) is 11.3 Å². The van der Waals surface area contributed by atoms with E-state index in [0.717, 1.165) is 19.5 Å². The van der Waals surface area contributed by atoms with Crippen LogP contribution < -0.4 is 10.6 Å². The zero-order chi connectivity index (χ0) is 15.7. The lowest BCUT2D eigenvalue weighted by molar-refractivity contribution is -0.216. The molecule has 2 N–H and O–H groups in total. The Morgan fingerprint density at radius 3 is 2.67 bits per heavy atom. The average Bonchev–Trinajstić information content (AvgIpc) is 3.04. The molecule has 0 spiro atoms. The van der Waals surface area contributed by atoms with Crippen LogP contribution in [0.25, 0.3) is 0 Å². The molecule has 2 heterocycles. The molecule has 1 amide bonds. The second-order valence-corrected chi connectivity index (χ2v) is 6.46. The summed E-state index contributed by atoms with van der Waals surface area (Å²) in [5.74, 6) is -0.626. The molecule has 7 heteroatoms. The highest BCUT2D eigenvalue weighted by Crippen LogP contribution is 2.43. The summed E-state index contributed by atoms with van der Waals surface area (Å²) in [5, 5.41) is 5.21. The summed E-state index contributed by atoms with van der Waals surface area (Å²) in [6, 6.07) is 0.436. The largest absolute Gasteiger partial charge is 0.404 e. The van der Waals surface area contributed by atoms with Gasteiger partial charge in [-0.2, -0.15) is 13.2 Å². The molecule has 2 aliphatic heterocycles. The van der Waals surface area contributed by atoms with Crippen LogP contribution in [0.4, 0.5) is 13.2 Å². The van der Waals surface area contributed by atoms with Gasteiger partial charge in [-0.1, -0.05) is 0 Å². The fourth-order valence-electron chi connectivity index (χ4n) is 3.16. The van der Waals surface area contributed by atoms with E-state index in [-0.39, 0.29) is 25.4 Å². The zero-order valence-corrected chi connectivity index (χ0v) is 12.6. The summed E-state index contributed by atoms with van der Waals surface area (Å²) in [6.45, 7) is 6.25. The molecule has 2 saturated heterocycles. The van der Waals surface area contributed by atoms with E-state index in [1.807, 2.05) is 0 Å². The Bertz CT molecular complexity index is 378. The summed E-state index contributed by atoms with van der Waals surface area (Å²) in [6.07, 6.45) is -3.75. The first-order valence-electron chi connectivity index (χ1n) is 7.56. The lowest BCUT2D eigenvalue weighted by atomic mass is 9.85. The molecule has 0 bridgehead atoms. The molecule has 0 aromatic carbocycles. The lowest BCUT2D eigenvalue weighted by Gasteiger charge is -2.30. The molecule has 0 aromatic heterocycles. The maximum Gasteiger partial charge on any atom is 0.404 e. The maximum absolute atomic E-state index is 13.2. The van der Waals surface area contributed by atoms with E-state index < -0.39 is 17.5 Å². The van der Waals surface area contributed by atoms with Crippen molar-refractivity contribution in [3.05, 3.63) is 0 Å². The zero-order valence-electron chi connectivity index (χ0n) is 12.6. The molecule has 0 saturated carbocycles. The number of halogens is 3. The van der Waals surface area contributed by atoms with Gasteiger partial charge in [0.25, 0.3) is 0 Å². The summed E-state index contributed by atoms with van der Waals surface area (Å²) in [7, 11) is 0. The van der Waals surface area contributed by atoms with E-state index in [2.05, 4.69) is 29.4 Å². The minimum absolute atomic E-state index is 0.175. The van der Waals surface area contributed by atoms with Gasteiger partial charge in [0, 0.05) is 25.7 Å². The topological polar surface area (TPSA) is 44.4 Å². The molecule has 2 rings (SSSR count). The minimum Gasteiger partial charge on any atom is -0.355 e. The highest BCUT2D eigenvalue weighted by Gasteiger charge is 2.61. The average molecular weight is 307 g/mol. The van der Waals surface area contributed by atoms with Gasteiger partial charge in [-0.25, -0.2) is 0 Å². The normalized spacial score (nSPS) is 31.0. The van der Waals surface area contributed by atoms with Crippen molar-refractivity contribution >= 4 is 5.91 Å². The van der Waals surface area contributed by atoms with E-state index >= 15 is 0 Å². The van der Waals surface area contributed by atoms with Crippen molar-refractivity contribution in [3.63, 3.8) is 0 Å². The SMILES string of the molecule is CC(C)N1CCC(CNC(=O)C2(C(F)(F)F)CCNC2)C1. The molecule has 2 unspecified atom stereocenters. The van der Waals surface area contributed by atoms with Gasteiger partial charge >= 0.3 is 6.18 Å². The molecule has 2 aliphatic rings. The van der Waals surface area contributed by atoms with E-state index in [4.69, 9.17) is 0 Å². The van der Waals surface area contributed by atoms with Crippen LogP contribution >= 0.6 is 0 Å². The fourth-order valence-corrected chi connectivity index (χ4v) is 3.16. The van der Waals surface area contributed by atoms with Crippen LogP contribution in [0.5, 0.6) is 0 Å². The number of carbonyl (C=O) groups is 1. The van der Waals surface area contributed by atoms with Gasteiger partial charge in [0.15, 0.2) is 5.41 Å². The minimum atomic E-state index is -4.50. The summed E-state index contributed by atoms with van der Waals surface area (Å²) < 4.78 is 39.7. The van der Waals surface area contributed by atoms with Gasteiger partial charge in [-0.05, 0) is 45.7 Å². The molecule has 0 radical (unpaired) electrons. The Morgan fingerprint density at radius 2 is 2.19 bits per heavy atom. The van der Waals surface area contributed by atoms with Crippen molar-refractivity contribution in [1.29, 1.82) is 0 Å². The number of carbonyl (C=O) groups excluding carboxylic acids is 1. The van der Waals surface area contributed by atoms with Crippen LogP contribution in [-0.2, 0) is 4.79 Å². The van der Waals surface area contributed by atoms with Gasteiger partial charge in [-0.3, -0.25) is 4.79 Å². The Hall–Kier alpha value is -0.820. The quantitative estimate of drug-likeness (QED) is 0.825. The number of likely N-dealkylation sites (tertiary alicyclic amines) is 1. The summed E-state index contributed by atoms with van der Waals surface area (Å²) >= 11 is 0.